The molecular weight excluding hydrogens is 256 g/mol. The van der Waals surface area contributed by atoms with Gasteiger partial charge in [-0.05, 0) is 32.9 Å². The number of benzene rings is 1. The third-order valence-corrected chi connectivity index (χ3v) is 2.85. The lowest BCUT2D eigenvalue weighted by Crippen LogP contribution is -2.33. The maximum atomic E-state index is 5.78. The third kappa shape index (κ3) is 7.13. The van der Waals surface area contributed by atoms with E-state index in [4.69, 9.17) is 22.7 Å². The van der Waals surface area contributed by atoms with Gasteiger partial charge in [0.05, 0.1) is 17.2 Å². The number of para-hydroxylation sites is 1. The van der Waals surface area contributed by atoms with E-state index in [0.29, 0.717) is 11.6 Å². The third-order valence-electron chi connectivity index (χ3n) is 2.65. The summed E-state index contributed by atoms with van der Waals surface area (Å²) in [5.41, 5.74) is 6.66. The van der Waals surface area contributed by atoms with Gasteiger partial charge in [0, 0.05) is 25.2 Å². The van der Waals surface area contributed by atoms with Gasteiger partial charge in [0.2, 0.25) is 0 Å². The van der Waals surface area contributed by atoms with Crippen LogP contribution in [0, 0.1) is 0 Å². The maximum absolute atomic E-state index is 5.78. The van der Waals surface area contributed by atoms with E-state index in [1.807, 2.05) is 18.2 Å². The smallest absolute Gasteiger partial charge is 0.0745 e. The van der Waals surface area contributed by atoms with Crippen molar-refractivity contribution in [2.24, 2.45) is 5.73 Å². The lowest BCUT2D eigenvalue weighted by atomic mass is 10.2. The summed E-state index contributed by atoms with van der Waals surface area (Å²) in [6.45, 7) is 8.55. The molecule has 106 valence electrons. The average Bonchev–Trinajstić information content (AvgIpc) is 2.33. The topological polar surface area (TPSA) is 38.5 Å². The van der Waals surface area contributed by atoms with E-state index in [0.717, 1.165) is 19.5 Å². The number of thiocarbonyl (C=S) groups is 1. The fourth-order valence-corrected chi connectivity index (χ4v) is 1.81. The first-order valence-electron chi connectivity index (χ1n) is 6.61. The predicted molar refractivity (Wildman–Crippen MR) is 85.8 cm³/mol. The van der Waals surface area contributed by atoms with Crippen molar-refractivity contribution < 1.29 is 4.74 Å². The van der Waals surface area contributed by atoms with Crippen molar-refractivity contribution in [3.63, 3.8) is 0 Å². The van der Waals surface area contributed by atoms with Crippen molar-refractivity contribution in [3.8, 4) is 0 Å². The average molecular weight is 280 g/mol. The first-order valence-corrected chi connectivity index (χ1v) is 7.01. The molecule has 0 heterocycles. The molecule has 3 nitrogen and oxygen atoms in total. The normalized spacial score (nSPS) is 11.3. The molecule has 0 saturated carbocycles. The quantitative estimate of drug-likeness (QED) is 0.779. The van der Waals surface area contributed by atoms with Gasteiger partial charge < -0.3 is 15.4 Å². The van der Waals surface area contributed by atoms with E-state index in [1.54, 1.807) is 0 Å². The highest BCUT2D eigenvalue weighted by molar-refractivity contribution is 7.80. The Labute approximate surface area is 121 Å². The SMILES string of the molecule is CC(C)(C)OCCN(CCC(N)=S)c1ccccc1. The molecule has 0 aliphatic rings. The zero-order valence-electron chi connectivity index (χ0n) is 12.1. The minimum Gasteiger partial charge on any atom is -0.393 e. The Morgan fingerprint density at radius 3 is 2.37 bits per heavy atom. The zero-order valence-corrected chi connectivity index (χ0v) is 12.9. The van der Waals surface area contributed by atoms with Crippen molar-refractivity contribution in [2.75, 3.05) is 24.6 Å². The fraction of sp³-hybridized carbons (Fsp3) is 0.533. The van der Waals surface area contributed by atoms with E-state index in [2.05, 4.69) is 37.8 Å². The molecule has 2 N–H and O–H groups in total. The second kappa shape index (κ2) is 7.46. The second-order valence-electron chi connectivity index (χ2n) is 5.50. The van der Waals surface area contributed by atoms with Crippen LogP contribution in [0.2, 0.25) is 0 Å². The predicted octanol–water partition coefficient (Wildman–Crippen LogP) is 2.98. The Hall–Kier alpha value is -1.13. The molecule has 0 saturated heterocycles. The van der Waals surface area contributed by atoms with Crippen molar-refractivity contribution in [1.82, 2.24) is 0 Å². The molecule has 0 bridgehead atoms. The molecule has 0 aliphatic heterocycles. The van der Waals surface area contributed by atoms with Gasteiger partial charge in [0.15, 0.2) is 0 Å². The molecule has 0 radical (unpaired) electrons. The molecule has 0 unspecified atom stereocenters. The van der Waals surface area contributed by atoms with Gasteiger partial charge in [-0.3, -0.25) is 0 Å². The lowest BCUT2D eigenvalue weighted by molar-refractivity contribution is 0.00139. The van der Waals surface area contributed by atoms with E-state index >= 15 is 0 Å². The van der Waals surface area contributed by atoms with Crippen molar-refractivity contribution >= 4 is 22.9 Å². The summed E-state index contributed by atoms with van der Waals surface area (Å²) < 4.78 is 5.78. The van der Waals surface area contributed by atoms with E-state index in [-0.39, 0.29) is 5.60 Å². The van der Waals surface area contributed by atoms with Crippen LogP contribution in [0.15, 0.2) is 30.3 Å². The fourth-order valence-electron chi connectivity index (χ4n) is 1.72. The van der Waals surface area contributed by atoms with Crippen molar-refractivity contribution in [1.29, 1.82) is 0 Å². The molecule has 1 rings (SSSR count). The van der Waals surface area contributed by atoms with Gasteiger partial charge in [-0.1, -0.05) is 30.4 Å². The van der Waals surface area contributed by atoms with Crippen LogP contribution >= 0.6 is 12.2 Å². The van der Waals surface area contributed by atoms with Crippen LogP contribution in [0.1, 0.15) is 27.2 Å². The highest BCUT2D eigenvalue weighted by atomic mass is 32.1. The summed E-state index contributed by atoms with van der Waals surface area (Å²) in [5.74, 6) is 0. The van der Waals surface area contributed by atoms with Gasteiger partial charge in [-0.25, -0.2) is 0 Å². The van der Waals surface area contributed by atoms with Gasteiger partial charge in [-0.15, -0.1) is 0 Å². The van der Waals surface area contributed by atoms with E-state index in [1.165, 1.54) is 5.69 Å². The molecule has 0 atom stereocenters. The first-order chi connectivity index (χ1) is 8.88. The van der Waals surface area contributed by atoms with Crippen LogP contribution in [0.3, 0.4) is 0 Å². The second-order valence-corrected chi connectivity index (χ2v) is 6.02. The van der Waals surface area contributed by atoms with E-state index in [9.17, 15) is 0 Å². The van der Waals surface area contributed by atoms with Gasteiger partial charge in [0.1, 0.15) is 0 Å². The van der Waals surface area contributed by atoms with Crippen LogP contribution in [-0.2, 0) is 4.74 Å². The van der Waals surface area contributed by atoms with E-state index < -0.39 is 0 Å². The van der Waals surface area contributed by atoms with Crippen LogP contribution in [0.25, 0.3) is 0 Å². The van der Waals surface area contributed by atoms with Crippen molar-refractivity contribution in [3.05, 3.63) is 30.3 Å². The summed E-state index contributed by atoms with van der Waals surface area (Å²) in [5, 5.41) is 0. The standard InChI is InChI=1S/C15H24N2OS/c1-15(2,3)18-12-11-17(10-9-14(16)19)13-7-5-4-6-8-13/h4-8H,9-12H2,1-3H3,(H2,16,19). The monoisotopic (exact) mass is 280 g/mol. The molecule has 0 spiro atoms. The van der Waals surface area contributed by atoms with Gasteiger partial charge in [-0.2, -0.15) is 0 Å². The molecule has 0 aromatic heterocycles. The number of nitrogens with zero attached hydrogens (tertiary/aromatic N) is 1. The molecule has 0 fully saturated rings. The van der Waals surface area contributed by atoms with Crippen LogP contribution in [0.4, 0.5) is 5.69 Å². The van der Waals surface area contributed by atoms with Crippen LogP contribution in [0.5, 0.6) is 0 Å². The number of nitrogens with two attached hydrogens (primary N) is 1. The van der Waals surface area contributed by atoms with Gasteiger partial charge in [0.25, 0.3) is 0 Å². The summed E-state index contributed by atoms with van der Waals surface area (Å²) in [4.78, 5) is 2.81. The minimum absolute atomic E-state index is 0.106. The number of hydrogen-bond acceptors (Lipinski definition) is 3. The molecule has 0 amide bonds. The van der Waals surface area contributed by atoms with Crippen molar-refractivity contribution in [2.45, 2.75) is 32.8 Å². The number of ether oxygens (including phenoxy) is 1. The van der Waals surface area contributed by atoms with Crippen LogP contribution < -0.4 is 10.6 Å². The summed E-state index contributed by atoms with van der Waals surface area (Å²) >= 11 is 4.96. The highest BCUT2D eigenvalue weighted by Gasteiger charge is 2.12. The molecule has 19 heavy (non-hydrogen) atoms. The summed E-state index contributed by atoms with van der Waals surface area (Å²) in [6.07, 6.45) is 0.722. The summed E-state index contributed by atoms with van der Waals surface area (Å²) in [6, 6.07) is 10.3. The first kappa shape index (κ1) is 15.9. The van der Waals surface area contributed by atoms with Crippen LogP contribution in [-0.4, -0.2) is 30.3 Å². The molecule has 1 aromatic rings. The number of rotatable bonds is 7. The summed E-state index contributed by atoms with van der Waals surface area (Å²) in [7, 11) is 0. The number of hydrogen-bond donors (Lipinski definition) is 1. The highest BCUT2D eigenvalue weighted by Crippen LogP contribution is 2.14. The molecular formula is C15H24N2OS. The Bertz CT molecular complexity index is 387. The Morgan fingerprint density at radius 2 is 1.84 bits per heavy atom. The maximum Gasteiger partial charge on any atom is 0.0745 e. The Kier molecular flexibility index (Phi) is 6.25. The Morgan fingerprint density at radius 1 is 1.21 bits per heavy atom. The molecule has 1 aromatic carbocycles. The molecule has 0 aliphatic carbocycles. The Balaban J connectivity index is 2.57. The minimum atomic E-state index is -0.106. The number of anilines is 1. The lowest BCUT2D eigenvalue weighted by Gasteiger charge is -2.27. The zero-order chi connectivity index (χ0) is 14.3. The molecule has 4 heteroatoms. The largest absolute Gasteiger partial charge is 0.393 e. The van der Waals surface area contributed by atoms with Gasteiger partial charge >= 0.3 is 0 Å².